The van der Waals surface area contributed by atoms with Gasteiger partial charge in [-0.25, -0.2) is 0 Å². The van der Waals surface area contributed by atoms with E-state index in [-0.39, 0.29) is 0 Å². The van der Waals surface area contributed by atoms with E-state index in [0.29, 0.717) is 0 Å². The van der Waals surface area contributed by atoms with E-state index in [2.05, 4.69) is 7.85 Å². The van der Waals surface area contributed by atoms with Crippen molar-refractivity contribution < 1.29 is 4.79 Å². The van der Waals surface area contributed by atoms with Gasteiger partial charge in [0.2, 0.25) is 0 Å². The van der Waals surface area contributed by atoms with Gasteiger partial charge < -0.3 is 4.79 Å². The second-order valence-electron chi connectivity index (χ2n) is 1.66. The lowest BCUT2D eigenvalue weighted by Gasteiger charge is -1.85. The molecule has 0 bridgehead atoms. The second-order valence-corrected chi connectivity index (χ2v) is 1.66. The van der Waals surface area contributed by atoms with Crippen molar-refractivity contribution in [2.45, 2.75) is 25.6 Å². The van der Waals surface area contributed by atoms with E-state index in [1.165, 1.54) is 12.7 Å². The normalized spacial score (nSPS) is 8.57. The molecule has 0 aliphatic heterocycles. The Morgan fingerprint density at radius 1 is 1.43 bits per heavy atom. The van der Waals surface area contributed by atoms with Gasteiger partial charge in [0.1, 0.15) is 14.1 Å². The topological polar surface area (TPSA) is 17.1 Å². The molecule has 0 aromatic rings. The number of hydrogen-bond acceptors (Lipinski definition) is 1. The van der Waals surface area contributed by atoms with Crippen LogP contribution >= 0.6 is 0 Å². The summed E-state index contributed by atoms with van der Waals surface area (Å²) in [4.78, 5) is 9.68. The standard InChI is InChI=1S/C5H11BO/c6-4-2-1-3-5-7/h5H,1-4,6H2. The molecular formula is C5H11BO. The summed E-state index contributed by atoms with van der Waals surface area (Å²) in [6.07, 6.45) is 5.19. The summed E-state index contributed by atoms with van der Waals surface area (Å²) in [5, 5.41) is 0. The lowest BCUT2D eigenvalue weighted by molar-refractivity contribution is -0.107. The molecule has 0 aliphatic rings. The Kier molecular flexibility index (Phi) is 5.52. The van der Waals surface area contributed by atoms with Gasteiger partial charge in [0.05, 0.1) is 0 Å². The van der Waals surface area contributed by atoms with Crippen molar-refractivity contribution in [3.63, 3.8) is 0 Å². The molecule has 7 heavy (non-hydrogen) atoms. The first-order valence-electron chi connectivity index (χ1n) is 2.85. The van der Waals surface area contributed by atoms with Crippen LogP contribution in [0.25, 0.3) is 0 Å². The van der Waals surface area contributed by atoms with Crippen molar-refractivity contribution in [2.24, 2.45) is 0 Å². The molecule has 0 atom stereocenters. The van der Waals surface area contributed by atoms with Gasteiger partial charge in [-0.2, -0.15) is 0 Å². The Hall–Kier alpha value is -0.265. The molecule has 0 saturated carbocycles. The minimum atomic E-state index is 0.744. The summed E-state index contributed by atoms with van der Waals surface area (Å²) in [6.45, 7) is 0. The smallest absolute Gasteiger partial charge is 0.119 e. The van der Waals surface area contributed by atoms with Gasteiger partial charge >= 0.3 is 0 Å². The lowest BCUT2D eigenvalue weighted by atomic mass is 10.00. The van der Waals surface area contributed by atoms with Crippen LogP contribution in [0.5, 0.6) is 0 Å². The fourth-order valence-corrected chi connectivity index (χ4v) is 0.478. The van der Waals surface area contributed by atoms with Crippen LogP contribution < -0.4 is 0 Å². The van der Waals surface area contributed by atoms with Crippen LogP contribution in [-0.4, -0.2) is 14.1 Å². The van der Waals surface area contributed by atoms with Gasteiger partial charge in [0, 0.05) is 6.42 Å². The predicted octanol–water partition coefficient (Wildman–Crippen LogP) is 0.407. The van der Waals surface area contributed by atoms with Gasteiger partial charge in [-0.1, -0.05) is 12.7 Å². The first kappa shape index (κ1) is 6.73. The summed E-state index contributed by atoms with van der Waals surface area (Å²) in [6, 6.07) is 0. The number of carbonyl (C=O) groups excluding carboxylic acids is 1. The third-order valence-corrected chi connectivity index (χ3v) is 0.926. The zero-order valence-corrected chi connectivity index (χ0v) is 4.81. The van der Waals surface area contributed by atoms with Crippen molar-refractivity contribution in [3.05, 3.63) is 0 Å². The number of carbonyl (C=O) groups is 1. The van der Waals surface area contributed by atoms with Crippen molar-refractivity contribution in [3.8, 4) is 0 Å². The molecule has 2 heteroatoms. The molecule has 1 nitrogen and oxygen atoms in total. The third-order valence-electron chi connectivity index (χ3n) is 0.926. The molecule has 0 radical (unpaired) electrons. The van der Waals surface area contributed by atoms with E-state index >= 15 is 0 Å². The van der Waals surface area contributed by atoms with E-state index in [1.807, 2.05) is 0 Å². The zero-order valence-electron chi connectivity index (χ0n) is 4.81. The molecule has 0 amide bonds. The van der Waals surface area contributed by atoms with Gasteiger partial charge in [0.15, 0.2) is 0 Å². The van der Waals surface area contributed by atoms with E-state index in [9.17, 15) is 4.79 Å². The molecule has 0 spiro atoms. The molecule has 0 aliphatic carbocycles. The Morgan fingerprint density at radius 2 is 2.14 bits per heavy atom. The third kappa shape index (κ3) is 5.73. The molecular weight excluding hydrogens is 86.9 g/mol. The van der Waals surface area contributed by atoms with Crippen molar-refractivity contribution >= 4 is 14.1 Å². The predicted molar refractivity (Wildman–Crippen MR) is 33.3 cm³/mol. The van der Waals surface area contributed by atoms with Gasteiger partial charge in [-0.15, -0.1) is 0 Å². The van der Waals surface area contributed by atoms with Crippen LogP contribution in [0.15, 0.2) is 0 Å². The highest BCUT2D eigenvalue weighted by atomic mass is 16.1. The molecule has 0 heterocycles. The molecule has 0 saturated heterocycles. The Morgan fingerprint density at radius 3 is 2.57 bits per heavy atom. The van der Waals surface area contributed by atoms with E-state index in [1.54, 1.807) is 0 Å². The maximum absolute atomic E-state index is 9.68. The average molecular weight is 98.0 g/mol. The maximum Gasteiger partial charge on any atom is 0.119 e. The van der Waals surface area contributed by atoms with Crippen molar-refractivity contribution in [1.82, 2.24) is 0 Å². The average Bonchev–Trinajstić information content (AvgIpc) is 1.69. The van der Waals surface area contributed by atoms with Crippen LogP contribution in [0, 0.1) is 0 Å². The molecule has 0 N–H and O–H groups in total. The molecule has 0 rings (SSSR count). The first-order valence-corrected chi connectivity index (χ1v) is 2.85. The molecule has 0 aromatic carbocycles. The summed E-state index contributed by atoms with van der Waals surface area (Å²) >= 11 is 0. The largest absolute Gasteiger partial charge is 0.303 e. The van der Waals surface area contributed by atoms with Crippen LogP contribution in [0.2, 0.25) is 6.32 Å². The van der Waals surface area contributed by atoms with E-state index in [0.717, 1.165) is 19.1 Å². The molecule has 40 valence electrons. The van der Waals surface area contributed by atoms with E-state index < -0.39 is 0 Å². The highest BCUT2D eigenvalue weighted by Gasteiger charge is 1.80. The van der Waals surface area contributed by atoms with Crippen LogP contribution in [0.4, 0.5) is 0 Å². The number of aldehydes is 1. The number of hydrogen-bond donors (Lipinski definition) is 0. The van der Waals surface area contributed by atoms with Gasteiger partial charge in [-0.3, -0.25) is 0 Å². The number of rotatable bonds is 4. The van der Waals surface area contributed by atoms with Crippen molar-refractivity contribution in [2.75, 3.05) is 0 Å². The number of unbranched alkanes of at least 4 members (excludes halogenated alkanes) is 2. The second kappa shape index (κ2) is 5.73. The highest BCUT2D eigenvalue weighted by Crippen LogP contribution is 1.93. The minimum absolute atomic E-state index is 0.744. The van der Waals surface area contributed by atoms with E-state index in [4.69, 9.17) is 0 Å². The molecule has 0 aromatic heterocycles. The minimum Gasteiger partial charge on any atom is -0.303 e. The summed E-state index contributed by atoms with van der Waals surface area (Å²) in [5.41, 5.74) is 0. The molecule has 0 unspecified atom stereocenters. The van der Waals surface area contributed by atoms with Crippen LogP contribution in [0.3, 0.4) is 0 Å². The summed E-state index contributed by atoms with van der Waals surface area (Å²) in [7, 11) is 2.13. The Bertz CT molecular complexity index is 45.3. The first-order chi connectivity index (χ1) is 3.41. The lowest BCUT2D eigenvalue weighted by Crippen LogP contribution is -1.75. The zero-order chi connectivity index (χ0) is 5.54. The SMILES string of the molecule is BCCCCC=O. The quantitative estimate of drug-likeness (QED) is 0.282. The monoisotopic (exact) mass is 98.1 g/mol. The Labute approximate surface area is 45.5 Å². The fourth-order valence-electron chi connectivity index (χ4n) is 0.478. The highest BCUT2D eigenvalue weighted by molar-refractivity contribution is 6.08. The maximum atomic E-state index is 9.68. The van der Waals surface area contributed by atoms with Crippen molar-refractivity contribution in [1.29, 1.82) is 0 Å². The summed E-state index contributed by atoms with van der Waals surface area (Å²) < 4.78 is 0. The summed E-state index contributed by atoms with van der Waals surface area (Å²) in [5.74, 6) is 0. The van der Waals surface area contributed by atoms with Crippen LogP contribution in [-0.2, 0) is 4.79 Å². The van der Waals surface area contributed by atoms with Gasteiger partial charge in [0.25, 0.3) is 0 Å². The fraction of sp³-hybridized carbons (Fsp3) is 0.800. The molecule has 0 fully saturated rings. The van der Waals surface area contributed by atoms with Gasteiger partial charge in [-0.05, 0) is 6.42 Å². The van der Waals surface area contributed by atoms with Crippen LogP contribution in [0.1, 0.15) is 19.3 Å². The Balaban J connectivity index is 2.56.